The second kappa shape index (κ2) is 3.04. The summed E-state index contributed by atoms with van der Waals surface area (Å²) in [6.07, 6.45) is 0.956. The molecule has 2 nitrogen and oxygen atoms in total. The van der Waals surface area contributed by atoms with Gasteiger partial charge in [-0.15, -0.1) is 0 Å². The number of hydrogen-bond acceptors (Lipinski definition) is 2. The van der Waals surface area contributed by atoms with Gasteiger partial charge in [0.1, 0.15) is 0 Å². The summed E-state index contributed by atoms with van der Waals surface area (Å²) in [6, 6.07) is 4.56. The molecule has 0 aliphatic carbocycles. The highest BCUT2D eigenvalue weighted by atomic mass is 16.3. The molecule has 1 unspecified atom stereocenters. The Kier molecular flexibility index (Phi) is 2.00. The standard InChI is InChI=1S/C11H15NO/c1-7-3-8(2)10-5-9(6-13)12-11(10)4-7/h3-4,9,12-13H,5-6H2,1-2H3. The van der Waals surface area contributed by atoms with Crippen LogP contribution in [0.3, 0.4) is 0 Å². The number of aryl methyl sites for hydroxylation is 2. The lowest BCUT2D eigenvalue weighted by atomic mass is 10.0. The molecule has 0 fully saturated rings. The maximum Gasteiger partial charge on any atom is 0.0636 e. The smallest absolute Gasteiger partial charge is 0.0636 e. The van der Waals surface area contributed by atoms with Crippen LogP contribution >= 0.6 is 0 Å². The van der Waals surface area contributed by atoms with Crippen LogP contribution in [0.15, 0.2) is 12.1 Å². The first-order valence-electron chi connectivity index (χ1n) is 4.68. The van der Waals surface area contributed by atoms with Gasteiger partial charge in [0.05, 0.1) is 12.6 Å². The molecule has 0 aromatic heterocycles. The first-order valence-corrected chi connectivity index (χ1v) is 4.68. The van der Waals surface area contributed by atoms with E-state index in [0.29, 0.717) is 0 Å². The van der Waals surface area contributed by atoms with E-state index in [4.69, 9.17) is 5.11 Å². The minimum atomic E-state index is 0.215. The highest BCUT2D eigenvalue weighted by molar-refractivity contribution is 5.61. The molecular formula is C11H15NO. The zero-order valence-electron chi connectivity index (χ0n) is 8.09. The van der Waals surface area contributed by atoms with Crippen LogP contribution in [-0.2, 0) is 6.42 Å². The van der Waals surface area contributed by atoms with E-state index in [1.165, 1.54) is 22.4 Å². The molecule has 1 aromatic rings. The Labute approximate surface area is 78.6 Å². The molecule has 0 bridgehead atoms. The van der Waals surface area contributed by atoms with Crippen molar-refractivity contribution >= 4 is 5.69 Å². The van der Waals surface area contributed by atoms with Crippen molar-refractivity contribution in [2.24, 2.45) is 0 Å². The normalized spacial score (nSPS) is 19.8. The first-order chi connectivity index (χ1) is 6.20. The molecule has 13 heavy (non-hydrogen) atoms. The van der Waals surface area contributed by atoms with E-state index in [-0.39, 0.29) is 12.6 Å². The maximum absolute atomic E-state index is 9.04. The molecule has 1 atom stereocenters. The monoisotopic (exact) mass is 177 g/mol. The van der Waals surface area contributed by atoms with E-state index in [9.17, 15) is 0 Å². The Morgan fingerprint density at radius 1 is 1.46 bits per heavy atom. The highest BCUT2D eigenvalue weighted by Crippen LogP contribution is 2.29. The number of anilines is 1. The maximum atomic E-state index is 9.04. The Bertz CT molecular complexity index is 333. The van der Waals surface area contributed by atoms with Gasteiger partial charge in [0.2, 0.25) is 0 Å². The quantitative estimate of drug-likeness (QED) is 0.683. The van der Waals surface area contributed by atoms with E-state index >= 15 is 0 Å². The third kappa shape index (κ3) is 1.42. The first kappa shape index (κ1) is 8.57. The largest absolute Gasteiger partial charge is 0.394 e. The molecule has 0 saturated heterocycles. The van der Waals surface area contributed by atoms with E-state index in [2.05, 4.69) is 31.3 Å². The van der Waals surface area contributed by atoms with E-state index in [1.807, 2.05) is 0 Å². The van der Waals surface area contributed by atoms with Gasteiger partial charge in [-0.3, -0.25) is 0 Å². The van der Waals surface area contributed by atoms with Crippen LogP contribution in [0, 0.1) is 13.8 Å². The molecule has 1 aliphatic heterocycles. The number of fused-ring (bicyclic) bond motifs is 1. The van der Waals surface area contributed by atoms with E-state index in [0.717, 1.165) is 6.42 Å². The van der Waals surface area contributed by atoms with Crippen molar-refractivity contribution in [1.29, 1.82) is 0 Å². The molecule has 0 amide bonds. The fourth-order valence-corrected chi connectivity index (χ4v) is 2.02. The molecular weight excluding hydrogens is 162 g/mol. The molecule has 1 aromatic carbocycles. The van der Waals surface area contributed by atoms with Gasteiger partial charge in [-0.25, -0.2) is 0 Å². The average molecular weight is 177 g/mol. The van der Waals surface area contributed by atoms with Gasteiger partial charge in [-0.1, -0.05) is 6.07 Å². The predicted octanol–water partition coefficient (Wildman–Crippen LogP) is 1.63. The zero-order chi connectivity index (χ0) is 9.42. The van der Waals surface area contributed by atoms with Gasteiger partial charge >= 0.3 is 0 Å². The summed E-state index contributed by atoms with van der Waals surface area (Å²) in [6.45, 7) is 4.45. The summed E-state index contributed by atoms with van der Waals surface area (Å²) in [5.41, 5.74) is 5.18. The van der Waals surface area contributed by atoms with Gasteiger partial charge in [0.25, 0.3) is 0 Å². The van der Waals surface area contributed by atoms with Crippen LogP contribution in [0.4, 0.5) is 5.69 Å². The lowest BCUT2D eigenvalue weighted by molar-refractivity contribution is 0.277. The fraction of sp³-hybridized carbons (Fsp3) is 0.455. The SMILES string of the molecule is Cc1cc(C)c2c(c1)NC(CO)C2. The number of nitrogens with one attached hydrogen (secondary N) is 1. The van der Waals surface area contributed by atoms with Crippen LogP contribution in [-0.4, -0.2) is 17.8 Å². The minimum absolute atomic E-state index is 0.215. The van der Waals surface area contributed by atoms with Gasteiger partial charge in [0.15, 0.2) is 0 Å². The second-order valence-electron chi connectivity index (χ2n) is 3.84. The predicted molar refractivity (Wildman–Crippen MR) is 54.1 cm³/mol. The Morgan fingerprint density at radius 2 is 2.23 bits per heavy atom. The molecule has 1 heterocycles. The van der Waals surface area contributed by atoms with Crippen LogP contribution in [0.2, 0.25) is 0 Å². The lowest BCUT2D eigenvalue weighted by Gasteiger charge is -2.06. The van der Waals surface area contributed by atoms with Crippen molar-refractivity contribution in [2.45, 2.75) is 26.3 Å². The Hall–Kier alpha value is -1.02. The number of hydrogen-bond donors (Lipinski definition) is 2. The molecule has 70 valence electrons. The van der Waals surface area contributed by atoms with Gasteiger partial charge in [0, 0.05) is 5.69 Å². The second-order valence-corrected chi connectivity index (χ2v) is 3.84. The van der Waals surface area contributed by atoms with Crippen LogP contribution in [0.25, 0.3) is 0 Å². The van der Waals surface area contributed by atoms with Crippen LogP contribution < -0.4 is 5.32 Å². The average Bonchev–Trinajstić information content (AvgIpc) is 2.47. The molecule has 0 radical (unpaired) electrons. The summed E-state index contributed by atoms with van der Waals surface area (Å²) in [5.74, 6) is 0. The van der Waals surface area contributed by atoms with Gasteiger partial charge in [-0.2, -0.15) is 0 Å². The number of benzene rings is 1. The summed E-state index contributed by atoms with van der Waals surface area (Å²) in [5, 5.41) is 12.4. The lowest BCUT2D eigenvalue weighted by Crippen LogP contribution is -2.19. The molecule has 0 spiro atoms. The van der Waals surface area contributed by atoms with Crippen LogP contribution in [0.1, 0.15) is 16.7 Å². The van der Waals surface area contributed by atoms with Gasteiger partial charge < -0.3 is 10.4 Å². The highest BCUT2D eigenvalue weighted by Gasteiger charge is 2.21. The zero-order valence-corrected chi connectivity index (χ0v) is 8.09. The summed E-state index contributed by atoms with van der Waals surface area (Å²) in [4.78, 5) is 0. The van der Waals surface area contributed by atoms with Crippen molar-refractivity contribution in [3.8, 4) is 0 Å². The van der Waals surface area contributed by atoms with Crippen molar-refractivity contribution in [2.75, 3.05) is 11.9 Å². The van der Waals surface area contributed by atoms with Crippen molar-refractivity contribution in [3.63, 3.8) is 0 Å². The van der Waals surface area contributed by atoms with Crippen molar-refractivity contribution in [3.05, 3.63) is 28.8 Å². The molecule has 2 rings (SSSR count). The topological polar surface area (TPSA) is 32.3 Å². The summed E-state index contributed by atoms with van der Waals surface area (Å²) < 4.78 is 0. The Balaban J connectivity index is 2.40. The van der Waals surface area contributed by atoms with Crippen LogP contribution in [0.5, 0.6) is 0 Å². The molecule has 1 aliphatic rings. The number of aliphatic hydroxyl groups excluding tert-OH is 1. The summed E-state index contributed by atoms with van der Waals surface area (Å²) in [7, 11) is 0. The summed E-state index contributed by atoms with van der Waals surface area (Å²) >= 11 is 0. The number of aliphatic hydroxyl groups is 1. The third-order valence-corrected chi connectivity index (χ3v) is 2.65. The molecule has 0 saturated carbocycles. The van der Waals surface area contributed by atoms with E-state index < -0.39 is 0 Å². The Morgan fingerprint density at radius 3 is 2.92 bits per heavy atom. The fourth-order valence-electron chi connectivity index (χ4n) is 2.02. The van der Waals surface area contributed by atoms with Crippen molar-refractivity contribution < 1.29 is 5.11 Å². The third-order valence-electron chi connectivity index (χ3n) is 2.65. The van der Waals surface area contributed by atoms with Gasteiger partial charge in [-0.05, 0) is 43.0 Å². The minimum Gasteiger partial charge on any atom is -0.394 e. The molecule has 2 N–H and O–H groups in total. The van der Waals surface area contributed by atoms with E-state index in [1.54, 1.807) is 0 Å². The van der Waals surface area contributed by atoms with Crippen molar-refractivity contribution in [1.82, 2.24) is 0 Å². The molecule has 2 heteroatoms. The number of rotatable bonds is 1.